The molecule has 0 saturated carbocycles. The van der Waals surface area contributed by atoms with E-state index in [4.69, 9.17) is 21.7 Å². The smallest absolute Gasteiger partial charge is 0.281 e. The van der Waals surface area contributed by atoms with Crippen LogP contribution in [0.25, 0.3) is 6.08 Å². The van der Waals surface area contributed by atoms with E-state index in [0.29, 0.717) is 28.2 Å². The Labute approximate surface area is 178 Å². The fourth-order valence-electron chi connectivity index (χ4n) is 2.91. The molecule has 0 aliphatic carbocycles. The van der Waals surface area contributed by atoms with Crippen LogP contribution in [0.2, 0.25) is 0 Å². The average Bonchev–Trinajstić information content (AvgIpc) is 2.96. The highest BCUT2D eigenvalue weighted by atomic mass is 79.9. The Kier molecular flexibility index (Phi) is 6.05. The zero-order chi connectivity index (χ0) is 20.4. The molecule has 1 N–H and O–H groups in total. The Bertz CT molecular complexity index is 955. The number of anilines is 1. The number of thiocarbonyl (C=S) groups is 1. The number of hydrogen-bond donors (Lipinski definition) is 1. The molecule has 1 fully saturated rings. The maximum absolute atomic E-state index is 13.0. The van der Waals surface area contributed by atoms with Crippen LogP contribution >= 0.6 is 28.1 Å². The lowest BCUT2D eigenvalue weighted by Crippen LogP contribution is -2.30. The summed E-state index contributed by atoms with van der Waals surface area (Å²) < 4.78 is 11.4. The summed E-state index contributed by atoms with van der Waals surface area (Å²) in [6, 6.07) is 11.5. The first-order chi connectivity index (χ1) is 13.3. The van der Waals surface area contributed by atoms with Crippen molar-refractivity contribution in [3.63, 3.8) is 0 Å². The number of methoxy groups -OCH3 is 2. The Morgan fingerprint density at radius 1 is 1.11 bits per heavy atom. The Balaban J connectivity index is 1.93. The van der Waals surface area contributed by atoms with E-state index in [1.165, 1.54) is 10.5 Å². The Morgan fingerprint density at radius 2 is 1.71 bits per heavy atom. The highest BCUT2D eigenvalue weighted by Crippen LogP contribution is 2.35. The number of carbonyl (C=O) groups excluding carboxylic acids is 1. The van der Waals surface area contributed by atoms with E-state index in [1.54, 1.807) is 32.4 Å². The maximum Gasteiger partial charge on any atom is 0.281 e. The van der Waals surface area contributed by atoms with Gasteiger partial charge in [0.2, 0.25) is 0 Å². The van der Waals surface area contributed by atoms with Gasteiger partial charge in [-0.15, -0.1) is 0 Å². The van der Waals surface area contributed by atoms with Gasteiger partial charge in [-0.05, 0) is 59.6 Å². The van der Waals surface area contributed by atoms with E-state index >= 15 is 0 Å². The summed E-state index contributed by atoms with van der Waals surface area (Å²) >= 11 is 8.90. The third kappa shape index (κ3) is 3.91. The summed E-state index contributed by atoms with van der Waals surface area (Å²) in [7, 11) is 3.14. The average molecular weight is 461 g/mol. The molecule has 0 spiro atoms. The molecule has 0 atom stereocenters. The van der Waals surface area contributed by atoms with Crippen LogP contribution in [0.4, 0.5) is 5.69 Å². The number of carbonyl (C=O) groups is 1. The second-order valence-electron chi connectivity index (χ2n) is 6.60. The maximum atomic E-state index is 13.0. The highest BCUT2D eigenvalue weighted by molar-refractivity contribution is 9.10. The van der Waals surface area contributed by atoms with Crippen molar-refractivity contribution in [3.8, 4) is 11.5 Å². The van der Waals surface area contributed by atoms with Gasteiger partial charge in [0.05, 0.1) is 19.9 Å². The molecular weight excluding hydrogens is 440 g/mol. The van der Waals surface area contributed by atoms with Crippen LogP contribution in [0, 0.1) is 0 Å². The van der Waals surface area contributed by atoms with E-state index in [1.807, 2.05) is 24.3 Å². The number of halogens is 1. The Morgan fingerprint density at radius 3 is 2.29 bits per heavy atom. The monoisotopic (exact) mass is 460 g/mol. The molecule has 1 aliphatic rings. The Hall–Kier alpha value is -2.38. The molecule has 2 aromatic carbocycles. The summed E-state index contributed by atoms with van der Waals surface area (Å²) in [5.41, 5.74) is 3.11. The molecule has 1 saturated heterocycles. The van der Waals surface area contributed by atoms with Gasteiger partial charge in [-0.25, -0.2) is 0 Å². The summed E-state index contributed by atoms with van der Waals surface area (Å²) in [5, 5.41) is 3.36. The first kappa shape index (κ1) is 20.4. The number of ether oxygens (including phenoxy) is 2. The van der Waals surface area contributed by atoms with Crippen LogP contribution in [-0.2, 0) is 4.79 Å². The molecule has 3 rings (SSSR count). The lowest BCUT2D eigenvalue weighted by molar-refractivity contribution is -0.113. The number of nitrogens with one attached hydrogen (secondary N) is 1. The van der Waals surface area contributed by atoms with Crippen LogP contribution in [-0.4, -0.2) is 25.2 Å². The predicted molar refractivity (Wildman–Crippen MR) is 119 cm³/mol. The molecule has 146 valence electrons. The van der Waals surface area contributed by atoms with Crippen molar-refractivity contribution in [1.29, 1.82) is 0 Å². The van der Waals surface area contributed by atoms with Crippen LogP contribution in [0.3, 0.4) is 0 Å². The number of rotatable bonds is 5. The van der Waals surface area contributed by atoms with Gasteiger partial charge in [0, 0.05) is 4.47 Å². The fraction of sp³-hybridized carbons (Fsp3) is 0.238. The SMILES string of the molecule is COc1cc(Br)c(/C=C2\NC(=S)N(c3ccc(C(C)C)cc3)C2=O)cc1OC. The van der Waals surface area contributed by atoms with E-state index in [-0.39, 0.29) is 5.91 Å². The van der Waals surface area contributed by atoms with Crippen molar-refractivity contribution < 1.29 is 14.3 Å². The van der Waals surface area contributed by atoms with Crippen LogP contribution in [0.15, 0.2) is 46.6 Å². The lowest BCUT2D eigenvalue weighted by atomic mass is 10.0. The number of hydrogen-bond acceptors (Lipinski definition) is 4. The molecule has 0 bridgehead atoms. The van der Waals surface area contributed by atoms with Gasteiger partial charge in [0.1, 0.15) is 5.70 Å². The molecule has 1 heterocycles. The van der Waals surface area contributed by atoms with Crippen molar-refractivity contribution in [3.05, 3.63) is 57.7 Å². The van der Waals surface area contributed by atoms with Gasteiger partial charge in [0.15, 0.2) is 16.6 Å². The molecule has 5 nitrogen and oxygen atoms in total. The van der Waals surface area contributed by atoms with E-state index in [2.05, 4.69) is 35.1 Å². The summed E-state index contributed by atoms with van der Waals surface area (Å²) in [6.07, 6.45) is 1.74. The zero-order valence-corrected chi connectivity index (χ0v) is 18.5. The van der Waals surface area contributed by atoms with Crippen molar-refractivity contribution in [2.45, 2.75) is 19.8 Å². The van der Waals surface area contributed by atoms with Crippen molar-refractivity contribution >= 4 is 50.9 Å². The minimum atomic E-state index is -0.205. The molecular formula is C21H21BrN2O3S. The van der Waals surface area contributed by atoms with Crippen LogP contribution in [0.1, 0.15) is 30.9 Å². The zero-order valence-electron chi connectivity index (χ0n) is 16.1. The fourth-order valence-corrected chi connectivity index (χ4v) is 3.65. The van der Waals surface area contributed by atoms with Gasteiger partial charge in [-0.1, -0.05) is 41.9 Å². The third-order valence-corrected chi connectivity index (χ3v) is 5.47. The predicted octanol–water partition coefficient (Wildman–Crippen LogP) is 4.85. The van der Waals surface area contributed by atoms with Gasteiger partial charge in [-0.2, -0.15) is 0 Å². The van der Waals surface area contributed by atoms with Crippen molar-refractivity contribution in [2.24, 2.45) is 0 Å². The summed E-state index contributed by atoms with van der Waals surface area (Å²) in [6.45, 7) is 4.26. The minimum absolute atomic E-state index is 0.205. The topological polar surface area (TPSA) is 50.8 Å². The quantitative estimate of drug-likeness (QED) is 0.510. The molecule has 1 aliphatic heterocycles. The molecule has 1 amide bonds. The number of nitrogens with zero attached hydrogens (tertiary/aromatic N) is 1. The van der Waals surface area contributed by atoms with Gasteiger partial charge >= 0.3 is 0 Å². The first-order valence-electron chi connectivity index (χ1n) is 8.74. The first-order valence-corrected chi connectivity index (χ1v) is 9.94. The van der Waals surface area contributed by atoms with Gasteiger partial charge < -0.3 is 14.8 Å². The molecule has 7 heteroatoms. The molecule has 2 aromatic rings. The molecule has 0 radical (unpaired) electrons. The van der Waals surface area contributed by atoms with Gasteiger partial charge in [-0.3, -0.25) is 9.69 Å². The minimum Gasteiger partial charge on any atom is -0.493 e. The summed E-state index contributed by atoms with van der Waals surface area (Å²) in [4.78, 5) is 14.5. The molecule has 0 aromatic heterocycles. The second kappa shape index (κ2) is 8.32. The van der Waals surface area contributed by atoms with Crippen molar-refractivity contribution in [1.82, 2.24) is 5.32 Å². The van der Waals surface area contributed by atoms with E-state index in [9.17, 15) is 4.79 Å². The lowest BCUT2D eigenvalue weighted by Gasteiger charge is -2.15. The standard InChI is InChI=1S/C21H21BrN2O3S/c1-12(2)13-5-7-15(8-6-13)24-20(25)17(23-21(24)28)9-14-10-18(26-3)19(27-4)11-16(14)22/h5-12H,1-4H3,(H,23,28)/b17-9-. The third-order valence-electron chi connectivity index (χ3n) is 4.50. The normalized spacial score (nSPS) is 15.4. The van der Waals surface area contributed by atoms with E-state index in [0.717, 1.165) is 15.7 Å². The number of amides is 1. The van der Waals surface area contributed by atoms with E-state index < -0.39 is 0 Å². The van der Waals surface area contributed by atoms with Crippen molar-refractivity contribution in [2.75, 3.05) is 19.1 Å². The van der Waals surface area contributed by atoms with Crippen LogP contribution in [0.5, 0.6) is 11.5 Å². The largest absolute Gasteiger partial charge is 0.493 e. The second-order valence-corrected chi connectivity index (χ2v) is 7.84. The highest BCUT2D eigenvalue weighted by Gasteiger charge is 2.32. The van der Waals surface area contributed by atoms with Gasteiger partial charge in [0.25, 0.3) is 5.91 Å². The summed E-state index contributed by atoms with van der Waals surface area (Å²) in [5.74, 6) is 1.39. The molecule has 28 heavy (non-hydrogen) atoms. The molecule has 0 unspecified atom stereocenters. The van der Waals surface area contributed by atoms with Crippen LogP contribution < -0.4 is 19.7 Å². The number of benzene rings is 2.